The molecule has 0 fully saturated rings. The lowest BCUT2D eigenvalue weighted by molar-refractivity contribution is 0.602. The summed E-state index contributed by atoms with van der Waals surface area (Å²) in [5, 5.41) is 11.5. The Hall–Kier alpha value is -3.35. The van der Waals surface area contributed by atoms with Gasteiger partial charge in [0, 0.05) is 5.56 Å². The van der Waals surface area contributed by atoms with Crippen molar-refractivity contribution < 1.29 is 8.81 Å². The summed E-state index contributed by atoms with van der Waals surface area (Å²) in [5.41, 5.74) is 3.91. The van der Waals surface area contributed by atoms with Crippen LogP contribution in [-0.4, -0.2) is 20.2 Å². The minimum absolute atomic E-state index is 0.0697. The highest BCUT2D eigenvalue weighted by Crippen LogP contribution is 2.22. The Labute approximate surface area is 142 Å². The Morgan fingerprint density at radius 2 is 1.88 bits per heavy atom. The summed E-state index contributed by atoms with van der Waals surface area (Å²) >= 11 is 0. The highest BCUT2D eigenvalue weighted by Gasteiger charge is 2.09. The molecule has 0 aliphatic carbocycles. The van der Waals surface area contributed by atoms with Crippen molar-refractivity contribution in [2.24, 2.45) is 0 Å². The second-order valence-corrected chi connectivity index (χ2v) is 5.62. The van der Waals surface area contributed by atoms with Crippen LogP contribution in [0.25, 0.3) is 22.4 Å². The molecule has 0 bridgehead atoms. The normalized spacial score (nSPS) is 12.2. The molecule has 2 heterocycles. The molecule has 1 unspecified atom stereocenters. The molecule has 0 saturated carbocycles. The molecule has 4 rings (SSSR count). The van der Waals surface area contributed by atoms with Crippen LogP contribution < -0.4 is 5.32 Å². The van der Waals surface area contributed by atoms with Gasteiger partial charge < -0.3 is 9.73 Å². The van der Waals surface area contributed by atoms with Gasteiger partial charge in [0.2, 0.25) is 5.95 Å². The number of fused-ring (bicyclic) bond motifs is 1. The number of halogens is 1. The Kier molecular flexibility index (Phi) is 3.81. The van der Waals surface area contributed by atoms with Crippen LogP contribution in [0.4, 0.5) is 10.3 Å². The molecule has 7 heteroatoms. The molecule has 0 spiro atoms. The zero-order chi connectivity index (χ0) is 17.2. The first-order chi connectivity index (χ1) is 12.2. The van der Waals surface area contributed by atoms with Gasteiger partial charge in [-0.2, -0.15) is 0 Å². The quantitative estimate of drug-likeness (QED) is 0.607. The summed E-state index contributed by atoms with van der Waals surface area (Å²) in [6.45, 7) is 1.95. The molecule has 1 atom stereocenters. The van der Waals surface area contributed by atoms with Crippen LogP contribution in [0.15, 0.2) is 59.5 Å². The van der Waals surface area contributed by atoms with Crippen molar-refractivity contribution in [1.82, 2.24) is 20.2 Å². The molecular formula is C18H14FN5O. The van der Waals surface area contributed by atoms with E-state index in [1.165, 1.54) is 18.5 Å². The summed E-state index contributed by atoms with van der Waals surface area (Å²) in [6, 6.07) is 11.8. The van der Waals surface area contributed by atoms with E-state index >= 15 is 0 Å². The summed E-state index contributed by atoms with van der Waals surface area (Å²) in [6.07, 6.45) is 3.05. The summed E-state index contributed by atoms with van der Waals surface area (Å²) in [7, 11) is 0. The van der Waals surface area contributed by atoms with Gasteiger partial charge >= 0.3 is 0 Å². The summed E-state index contributed by atoms with van der Waals surface area (Å²) in [4.78, 5) is 8.43. The lowest BCUT2D eigenvalue weighted by atomic mass is 10.1. The summed E-state index contributed by atoms with van der Waals surface area (Å²) < 4.78 is 18.2. The Bertz CT molecular complexity index is 998. The van der Waals surface area contributed by atoms with Gasteiger partial charge in [-0.25, -0.2) is 14.4 Å². The van der Waals surface area contributed by atoms with Crippen LogP contribution in [-0.2, 0) is 0 Å². The number of oxazole rings is 1. The second-order valence-electron chi connectivity index (χ2n) is 5.62. The first-order valence-corrected chi connectivity index (χ1v) is 7.74. The number of anilines is 1. The molecule has 0 amide bonds. The number of aromatic nitrogens is 4. The van der Waals surface area contributed by atoms with Crippen molar-refractivity contribution in [3.05, 3.63) is 66.4 Å². The largest absolute Gasteiger partial charge is 0.443 e. The zero-order valence-electron chi connectivity index (χ0n) is 13.3. The van der Waals surface area contributed by atoms with E-state index in [4.69, 9.17) is 4.42 Å². The van der Waals surface area contributed by atoms with E-state index < -0.39 is 0 Å². The van der Waals surface area contributed by atoms with Gasteiger partial charge in [-0.3, -0.25) is 0 Å². The van der Waals surface area contributed by atoms with Crippen molar-refractivity contribution in [2.45, 2.75) is 13.0 Å². The highest BCUT2D eigenvalue weighted by atomic mass is 19.1. The maximum atomic E-state index is 13.0. The molecule has 6 nitrogen and oxygen atoms in total. The number of hydrogen-bond donors (Lipinski definition) is 1. The Balaban J connectivity index is 1.52. The van der Waals surface area contributed by atoms with Gasteiger partial charge in [0.1, 0.15) is 17.0 Å². The molecule has 124 valence electrons. The maximum absolute atomic E-state index is 13.0. The standard InChI is InChI=1S/C18H14FN5O/c1-11(12-2-5-14(19)6-3-12)22-18-20-9-16(23-24-18)13-4-7-17-15(8-13)21-10-25-17/h2-11H,1H3,(H,20,22,24). The third-order valence-corrected chi connectivity index (χ3v) is 3.90. The highest BCUT2D eigenvalue weighted by molar-refractivity contribution is 5.78. The summed E-state index contributed by atoms with van der Waals surface area (Å²) in [5.74, 6) is 0.144. The van der Waals surface area contributed by atoms with Gasteiger partial charge in [-0.05, 0) is 42.8 Å². The van der Waals surface area contributed by atoms with Crippen LogP contribution in [0.5, 0.6) is 0 Å². The van der Waals surface area contributed by atoms with Crippen molar-refractivity contribution >= 4 is 17.0 Å². The monoisotopic (exact) mass is 335 g/mol. The molecule has 0 radical (unpaired) electrons. The van der Waals surface area contributed by atoms with Crippen molar-refractivity contribution in [1.29, 1.82) is 0 Å². The fraction of sp³-hybridized carbons (Fsp3) is 0.111. The van der Waals surface area contributed by atoms with Crippen LogP contribution in [0.2, 0.25) is 0 Å². The smallest absolute Gasteiger partial charge is 0.243 e. The lowest BCUT2D eigenvalue weighted by Gasteiger charge is -2.13. The molecule has 1 N–H and O–H groups in total. The van der Waals surface area contributed by atoms with Gasteiger partial charge in [0.05, 0.1) is 12.2 Å². The number of hydrogen-bond acceptors (Lipinski definition) is 6. The van der Waals surface area contributed by atoms with Crippen LogP contribution in [0, 0.1) is 5.82 Å². The molecule has 0 aliphatic heterocycles. The van der Waals surface area contributed by atoms with E-state index in [9.17, 15) is 4.39 Å². The Morgan fingerprint density at radius 3 is 2.64 bits per heavy atom. The first-order valence-electron chi connectivity index (χ1n) is 7.74. The van der Waals surface area contributed by atoms with Gasteiger partial charge in [-0.1, -0.05) is 12.1 Å². The zero-order valence-corrected chi connectivity index (χ0v) is 13.3. The predicted molar refractivity (Wildman–Crippen MR) is 91.3 cm³/mol. The van der Waals surface area contributed by atoms with Crippen molar-refractivity contribution in [3.8, 4) is 11.3 Å². The topological polar surface area (TPSA) is 76.7 Å². The number of benzene rings is 2. The number of nitrogens with zero attached hydrogens (tertiary/aromatic N) is 4. The van der Waals surface area contributed by atoms with Gasteiger partial charge in [0.15, 0.2) is 12.0 Å². The van der Waals surface area contributed by atoms with Gasteiger partial charge in [0.25, 0.3) is 0 Å². The van der Waals surface area contributed by atoms with E-state index in [0.29, 0.717) is 11.6 Å². The van der Waals surface area contributed by atoms with E-state index in [1.807, 2.05) is 25.1 Å². The molecule has 0 aliphatic rings. The van der Waals surface area contributed by atoms with E-state index in [1.54, 1.807) is 18.3 Å². The minimum Gasteiger partial charge on any atom is -0.443 e. The van der Waals surface area contributed by atoms with Crippen LogP contribution in [0.1, 0.15) is 18.5 Å². The molecule has 25 heavy (non-hydrogen) atoms. The van der Waals surface area contributed by atoms with E-state index in [0.717, 1.165) is 22.2 Å². The Morgan fingerprint density at radius 1 is 1.04 bits per heavy atom. The molecule has 2 aromatic heterocycles. The number of rotatable bonds is 4. The molecular weight excluding hydrogens is 321 g/mol. The minimum atomic E-state index is -0.262. The van der Waals surface area contributed by atoms with Crippen molar-refractivity contribution in [2.75, 3.05) is 5.32 Å². The molecule has 0 saturated heterocycles. The molecule has 2 aromatic carbocycles. The van der Waals surface area contributed by atoms with Crippen LogP contribution in [0.3, 0.4) is 0 Å². The van der Waals surface area contributed by atoms with E-state index in [-0.39, 0.29) is 11.9 Å². The first kappa shape index (κ1) is 15.2. The fourth-order valence-electron chi connectivity index (χ4n) is 2.52. The molecule has 4 aromatic rings. The third kappa shape index (κ3) is 3.16. The average molecular weight is 335 g/mol. The maximum Gasteiger partial charge on any atom is 0.243 e. The second kappa shape index (κ2) is 6.27. The SMILES string of the molecule is CC(Nc1ncc(-c2ccc3ocnc3c2)nn1)c1ccc(F)cc1. The predicted octanol–water partition coefficient (Wildman–Crippen LogP) is 3.99. The van der Waals surface area contributed by atoms with Crippen LogP contribution >= 0.6 is 0 Å². The average Bonchev–Trinajstić information content (AvgIpc) is 3.10. The van der Waals surface area contributed by atoms with Gasteiger partial charge in [-0.15, -0.1) is 10.2 Å². The number of nitrogens with one attached hydrogen (secondary N) is 1. The van der Waals surface area contributed by atoms with Crippen molar-refractivity contribution in [3.63, 3.8) is 0 Å². The fourth-order valence-corrected chi connectivity index (χ4v) is 2.52. The third-order valence-electron chi connectivity index (χ3n) is 3.90. The lowest BCUT2D eigenvalue weighted by Crippen LogP contribution is -2.10. The van der Waals surface area contributed by atoms with E-state index in [2.05, 4.69) is 25.5 Å².